The zero-order valence-corrected chi connectivity index (χ0v) is 9.37. The normalized spacial score (nSPS) is 35.3. The molecule has 3 atom stereocenters. The first-order valence-electron chi connectivity index (χ1n) is 5.12. The van der Waals surface area contributed by atoms with E-state index in [4.69, 9.17) is 5.73 Å². The van der Waals surface area contributed by atoms with Gasteiger partial charge in [-0.15, -0.1) is 12.4 Å². The highest BCUT2D eigenvalue weighted by molar-refractivity contribution is 5.85. The van der Waals surface area contributed by atoms with Crippen LogP contribution >= 0.6 is 12.4 Å². The molecule has 0 aromatic rings. The van der Waals surface area contributed by atoms with Crippen LogP contribution in [-0.2, 0) is 4.79 Å². The molecule has 0 aromatic carbocycles. The monoisotopic (exact) mass is 235 g/mol. The number of carbonyl (C=O) groups excluding carboxylic acids is 1. The first kappa shape index (κ1) is 12.7. The topological polar surface area (TPSA) is 78.6 Å². The minimum Gasteiger partial charge on any atom is -0.392 e. The van der Waals surface area contributed by atoms with E-state index in [0.717, 1.165) is 13.0 Å². The van der Waals surface area contributed by atoms with E-state index in [9.17, 15) is 9.90 Å². The van der Waals surface area contributed by atoms with Crippen molar-refractivity contribution in [3.05, 3.63) is 0 Å². The SMILES string of the molecule is Cl.NC1CCN(C(=O)[C@H]2C[C@@H](O)CN2)C1. The van der Waals surface area contributed by atoms with Crippen molar-refractivity contribution < 1.29 is 9.90 Å². The summed E-state index contributed by atoms with van der Waals surface area (Å²) in [5.74, 6) is 0.0921. The minimum absolute atomic E-state index is 0. The lowest BCUT2D eigenvalue weighted by molar-refractivity contribution is -0.132. The molecule has 2 fully saturated rings. The fourth-order valence-corrected chi connectivity index (χ4v) is 2.11. The van der Waals surface area contributed by atoms with Gasteiger partial charge < -0.3 is 21.1 Å². The van der Waals surface area contributed by atoms with E-state index in [2.05, 4.69) is 5.32 Å². The second-order valence-corrected chi connectivity index (χ2v) is 4.18. The van der Waals surface area contributed by atoms with Gasteiger partial charge in [0.2, 0.25) is 5.91 Å². The number of halogens is 1. The lowest BCUT2D eigenvalue weighted by Crippen LogP contribution is -2.43. The van der Waals surface area contributed by atoms with Gasteiger partial charge in [-0.05, 0) is 12.8 Å². The van der Waals surface area contributed by atoms with Gasteiger partial charge in [0, 0.05) is 25.7 Å². The molecule has 0 bridgehead atoms. The van der Waals surface area contributed by atoms with Crippen molar-refractivity contribution in [3.63, 3.8) is 0 Å². The molecule has 6 heteroatoms. The van der Waals surface area contributed by atoms with E-state index in [1.807, 2.05) is 0 Å². The first-order chi connectivity index (χ1) is 6.66. The number of hydrogen-bond acceptors (Lipinski definition) is 4. The van der Waals surface area contributed by atoms with Crippen molar-refractivity contribution in [2.24, 2.45) is 5.73 Å². The Bertz CT molecular complexity index is 217. The molecule has 2 aliphatic heterocycles. The number of likely N-dealkylation sites (tertiary alicyclic amines) is 1. The van der Waals surface area contributed by atoms with E-state index < -0.39 is 0 Å². The van der Waals surface area contributed by atoms with Crippen LogP contribution in [0.3, 0.4) is 0 Å². The average molecular weight is 236 g/mol. The van der Waals surface area contributed by atoms with E-state index in [1.165, 1.54) is 0 Å². The highest BCUT2D eigenvalue weighted by atomic mass is 35.5. The Morgan fingerprint density at radius 1 is 1.53 bits per heavy atom. The van der Waals surface area contributed by atoms with Gasteiger partial charge in [-0.1, -0.05) is 0 Å². The molecule has 2 aliphatic rings. The molecule has 88 valence electrons. The molecule has 4 N–H and O–H groups in total. The fourth-order valence-electron chi connectivity index (χ4n) is 2.11. The molecule has 5 nitrogen and oxygen atoms in total. The number of nitrogens with two attached hydrogens (primary N) is 1. The number of rotatable bonds is 1. The van der Waals surface area contributed by atoms with Gasteiger partial charge >= 0.3 is 0 Å². The number of aliphatic hydroxyl groups is 1. The smallest absolute Gasteiger partial charge is 0.239 e. The Hall–Kier alpha value is -0.360. The van der Waals surface area contributed by atoms with Crippen molar-refractivity contribution >= 4 is 18.3 Å². The van der Waals surface area contributed by atoms with E-state index in [0.29, 0.717) is 19.5 Å². The van der Waals surface area contributed by atoms with Crippen LogP contribution in [0.15, 0.2) is 0 Å². The van der Waals surface area contributed by atoms with Gasteiger partial charge in [-0.25, -0.2) is 0 Å². The summed E-state index contributed by atoms with van der Waals surface area (Å²) in [5, 5.41) is 12.3. The molecule has 0 aliphatic carbocycles. The predicted octanol–water partition coefficient (Wildman–Crippen LogP) is -1.31. The summed E-state index contributed by atoms with van der Waals surface area (Å²) in [4.78, 5) is 13.6. The summed E-state index contributed by atoms with van der Waals surface area (Å²) in [6, 6.07) is -0.0689. The summed E-state index contributed by atoms with van der Waals surface area (Å²) >= 11 is 0. The van der Waals surface area contributed by atoms with Crippen LogP contribution < -0.4 is 11.1 Å². The third-order valence-corrected chi connectivity index (χ3v) is 2.94. The fraction of sp³-hybridized carbons (Fsp3) is 0.889. The summed E-state index contributed by atoms with van der Waals surface area (Å²) < 4.78 is 0. The molecule has 0 aromatic heterocycles. The Morgan fingerprint density at radius 3 is 2.73 bits per heavy atom. The summed E-state index contributed by atoms with van der Waals surface area (Å²) in [6.45, 7) is 1.94. The lowest BCUT2D eigenvalue weighted by atomic mass is 10.2. The number of nitrogens with zero attached hydrogens (tertiary/aromatic N) is 1. The van der Waals surface area contributed by atoms with Gasteiger partial charge in [-0.3, -0.25) is 4.79 Å². The van der Waals surface area contributed by atoms with Crippen molar-refractivity contribution in [2.75, 3.05) is 19.6 Å². The molecule has 0 radical (unpaired) electrons. The average Bonchev–Trinajstić information content (AvgIpc) is 2.73. The van der Waals surface area contributed by atoms with Crippen LogP contribution in [0.5, 0.6) is 0 Å². The Labute approximate surface area is 95.4 Å². The van der Waals surface area contributed by atoms with E-state index in [1.54, 1.807) is 4.90 Å². The molecular weight excluding hydrogens is 218 g/mol. The number of aliphatic hydroxyl groups excluding tert-OH is 1. The standard InChI is InChI=1S/C9H17N3O2.ClH/c10-6-1-2-12(5-6)9(14)8-3-7(13)4-11-8;/h6-8,11,13H,1-5,10H2;1H/t6?,7-,8-;/m1./s1. The maximum Gasteiger partial charge on any atom is 0.239 e. The highest BCUT2D eigenvalue weighted by Crippen LogP contribution is 2.13. The van der Waals surface area contributed by atoms with Gasteiger partial charge in [0.05, 0.1) is 12.1 Å². The van der Waals surface area contributed by atoms with E-state index >= 15 is 0 Å². The molecule has 2 heterocycles. The molecule has 0 spiro atoms. The Balaban J connectivity index is 0.00000112. The van der Waals surface area contributed by atoms with Gasteiger partial charge in [-0.2, -0.15) is 0 Å². The largest absolute Gasteiger partial charge is 0.392 e. The minimum atomic E-state index is -0.375. The van der Waals surface area contributed by atoms with E-state index in [-0.39, 0.29) is 36.5 Å². The second kappa shape index (κ2) is 5.12. The maximum atomic E-state index is 11.8. The van der Waals surface area contributed by atoms with Gasteiger partial charge in [0.15, 0.2) is 0 Å². The molecule has 2 saturated heterocycles. The molecule has 2 rings (SSSR count). The van der Waals surface area contributed by atoms with Crippen molar-refractivity contribution in [2.45, 2.75) is 31.0 Å². The Kier molecular flexibility index (Phi) is 4.33. The van der Waals surface area contributed by atoms with Crippen LogP contribution in [0.4, 0.5) is 0 Å². The zero-order valence-electron chi connectivity index (χ0n) is 8.56. The number of carbonyl (C=O) groups is 1. The first-order valence-corrected chi connectivity index (χ1v) is 5.12. The molecule has 15 heavy (non-hydrogen) atoms. The highest BCUT2D eigenvalue weighted by Gasteiger charge is 2.33. The zero-order chi connectivity index (χ0) is 10.1. The van der Waals surface area contributed by atoms with Crippen molar-refractivity contribution in [3.8, 4) is 0 Å². The van der Waals surface area contributed by atoms with Crippen LogP contribution in [0, 0.1) is 0 Å². The summed E-state index contributed by atoms with van der Waals surface area (Å²) in [6.07, 6.45) is 1.05. The molecule has 1 amide bonds. The van der Waals surface area contributed by atoms with Gasteiger partial charge in [0.1, 0.15) is 0 Å². The van der Waals surface area contributed by atoms with Crippen LogP contribution in [-0.4, -0.2) is 53.7 Å². The molecule has 1 unspecified atom stereocenters. The van der Waals surface area contributed by atoms with Crippen LogP contribution in [0.25, 0.3) is 0 Å². The summed E-state index contributed by atoms with van der Waals surface area (Å²) in [5.41, 5.74) is 5.73. The number of nitrogens with one attached hydrogen (secondary N) is 1. The van der Waals surface area contributed by atoms with Crippen molar-refractivity contribution in [1.29, 1.82) is 0 Å². The third kappa shape index (κ3) is 2.81. The number of β-amino-alcohol motifs (C(OH)–C–C–N with tert-alkyl or cyclic N) is 1. The summed E-state index contributed by atoms with van der Waals surface area (Å²) in [7, 11) is 0. The molecule has 0 saturated carbocycles. The van der Waals surface area contributed by atoms with Crippen molar-refractivity contribution in [1.82, 2.24) is 10.2 Å². The number of hydrogen-bond donors (Lipinski definition) is 3. The quantitative estimate of drug-likeness (QED) is 0.528. The molecular formula is C9H18ClN3O2. The third-order valence-electron chi connectivity index (χ3n) is 2.94. The van der Waals surface area contributed by atoms with Crippen LogP contribution in [0.2, 0.25) is 0 Å². The number of amides is 1. The Morgan fingerprint density at radius 2 is 2.27 bits per heavy atom. The van der Waals surface area contributed by atoms with Gasteiger partial charge in [0.25, 0.3) is 0 Å². The maximum absolute atomic E-state index is 11.8. The van der Waals surface area contributed by atoms with Crippen LogP contribution in [0.1, 0.15) is 12.8 Å². The second-order valence-electron chi connectivity index (χ2n) is 4.18. The predicted molar refractivity (Wildman–Crippen MR) is 58.8 cm³/mol. The lowest BCUT2D eigenvalue weighted by Gasteiger charge is -2.19.